The van der Waals surface area contributed by atoms with Crippen LogP contribution in [0.5, 0.6) is 0 Å². The minimum Gasteiger partial charge on any atom is -0.366 e. The van der Waals surface area contributed by atoms with Crippen molar-refractivity contribution in [2.45, 2.75) is 44.5 Å². The zero-order valence-corrected chi connectivity index (χ0v) is 13.1. The first-order chi connectivity index (χ1) is 9.69. The molecule has 2 saturated heterocycles. The number of alkyl halides is 1. The van der Waals surface area contributed by atoms with Crippen molar-refractivity contribution in [3.63, 3.8) is 0 Å². The molecule has 2 aliphatic heterocycles. The number of fused-ring (bicyclic) bond motifs is 1. The van der Waals surface area contributed by atoms with E-state index < -0.39 is 0 Å². The van der Waals surface area contributed by atoms with Crippen LogP contribution in [0.25, 0.3) is 0 Å². The van der Waals surface area contributed by atoms with Gasteiger partial charge in [0.2, 0.25) is 0 Å². The highest BCUT2D eigenvalue weighted by Gasteiger charge is 2.31. The Kier molecular flexibility index (Phi) is 4.13. The Labute approximate surface area is 126 Å². The Morgan fingerprint density at radius 2 is 2.20 bits per heavy atom. The number of hydrogen-bond donors (Lipinski definition) is 0. The van der Waals surface area contributed by atoms with Gasteiger partial charge in [-0.1, -0.05) is 13.8 Å². The number of nitrogens with zero attached hydrogens (tertiary/aromatic N) is 4. The van der Waals surface area contributed by atoms with Crippen LogP contribution in [0.2, 0.25) is 0 Å². The van der Waals surface area contributed by atoms with Gasteiger partial charge in [-0.3, -0.25) is 4.90 Å². The molecule has 5 heteroatoms. The molecular weight excluding hydrogens is 272 g/mol. The zero-order valence-electron chi connectivity index (χ0n) is 12.3. The maximum atomic E-state index is 6.11. The summed E-state index contributed by atoms with van der Waals surface area (Å²) in [5.74, 6) is 1.70. The Hall–Kier alpha value is -0.870. The molecule has 4 nitrogen and oxygen atoms in total. The van der Waals surface area contributed by atoms with E-state index in [0.29, 0.717) is 17.8 Å². The maximum Gasteiger partial charge on any atom is 0.131 e. The lowest BCUT2D eigenvalue weighted by molar-refractivity contribution is 0.230. The highest BCUT2D eigenvalue weighted by molar-refractivity contribution is 6.17. The predicted octanol–water partition coefficient (Wildman–Crippen LogP) is 2.62. The summed E-state index contributed by atoms with van der Waals surface area (Å²) in [6.07, 6.45) is 4.63. The first-order valence-corrected chi connectivity index (χ1v) is 8.13. The molecule has 2 fully saturated rings. The summed E-state index contributed by atoms with van der Waals surface area (Å²) in [6, 6.07) is 0.705. The lowest BCUT2D eigenvalue weighted by Gasteiger charge is -2.39. The van der Waals surface area contributed by atoms with Crippen molar-refractivity contribution in [2.24, 2.45) is 0 Å². The van der Waals surface area contributed by atoms with Gasteiger partial charge in [-0.25, -0.2) is 9.97 Å². The topological polar surface area (TPSA) is 32.3 Å². The summed E-state index contributed by atoms with van der Waals surface area (Å²) in [4.78, 5) is 14.2. The number of aromatic nitrogens is 2. The van der Waals surface area contributed by atoms with Crippen molar-refractivity contribution in [1.82, 2.24) is 14.9 Å². The average Bonchev–Trinajstić information content (AvgIpc) is 2.93. The summed E-state index contributed by atoms with van der Waals surface area (Å²) in [6.45, 7) is 8.80. The van der Waals surface area contributed by atoms with Crippen molar-refractivity contribution < 1.29 is 0 Å². The van der Waals surface area contributed by atoms with Crippen LogP contribution < -0.4 is 4.90 Å². The van der Waals surface area contributed by atoms with Gasteiger partial charge in [0.15, 0.2) is 0 Å². The van der Waals surface area contributed by atoms with Gasteiger partial charge in [0.25, 0.3) is 0 Å². The zero-order chi connectivity index (χ0) is 14.1. The summed E-state index contributed by atoms with van der Waals surface area (Å²) in [7, 11) is 0. The van der Waals surface area contributed by atoms with Crippen LogP contribution in [0.3, 0.4) is 0 Å². The van der Waals surface area contributed by atoms with Crippen LogP contribution in [0.1, 0.15) is 44.1 Å². The van der Waals surface area contributed by atoms with Crippen LogP contribution in [-0.2, 0) is 5.88 Å². The molecule has 1 unspecified atom stereocenters. The number of rotatable bonds is 3. The molecule has 1 aromatic rings. The average molecular weight is 295 g/mol. The van der Waals surface area contributed by atoms with Crippen molar-refractivity contribution in [1.29, 1.82) is 0 Å². The highest BCUT2D eigenvalue weighted by Crippen LogP contribution is 2.28. The number of piperazine rings is 1. The standard InChI is InChI=1S/C15H23ClN4/c1-11(2)15-17-9-14(13(8-16)18-15)20-7-6-19-5-3-4-12(19)10-20/h9,11-12H,3-8,10H2,1-2H3. The van der Waals surface area contributed by atoms with Gasteiger partial charge in [0.1, 0.15) is 5.82 Å². The van der Waals surface area contributed by atoms with E-state index >= 15 is 0 Å². The predicted molar refractivity (Wildman–Crippen MR) is 82.5 cm³/mol. The van der Waals surface area contributed by atoms with Crippen molar-refractivity contribution >= 4 is 17.3 Å². The molecule has 1 atom stereocenters. The van der Waals surface area contributed by atoms with E-state index in [0.717, 1.165) is 36.8 Å². The van der Waals surface area contributed by atoms with Crippen LogP contribution in [0, 0.1) is 0 Å². The second-order valence-electron chi connectivity index (χ2n) is 6.13. The lowest BCUT2D eigenvalue weighted by Crippen LogP contribution is -2.50. The third-order valence-electron chi connectivity index (χ3n) is 4.44. The number of anilines is 1. The van der Waals surface area contributed by atoms with Gasteiger partial charge >= 0.3 is 0 Å². The third-order valence-corrected chi connectivity index (χ3v) is 4.69. The minimum absolute atomic E-state index is 0.345. The molecule has 0 amide bonds. The second kappa shape index (κ2) is 5.86. The minimum atomic E-state index is 0.345. The summed E-state index contributed by atoms with van der Waals surface area (Å²) in [5, 5.41) is 0. The molecule has 0 aliphatic carbocycles. The molecular formula is C15H23ClN4. The molecule has 0 aromatic carbocycles. The molecule has 0 spiro atoms. The lowest BCUT2D eigenvalue weighted by atomic mass is 10.1. The third kappa shape index (κ3) is 2.63. The quantitative estimate of drug-likeness (QED) is 0.802. The molecule has 3 rings (SSSR count). The van der Waals surface area contributed by atoms with Gasteiger partial charge in [-0.2, -0.15) is 0 Å². The van der Waals surface area contributed by atoms with Gasteiger partial charge in [-0.15, -0.1) is 11.6 Å². The number of hydrogen-bond acceptors (Lipinski definition) is 4. The van der Waals surface area contributed by atoms with Gasteiger partial charge in [-0.05, 0) is 19.4 Å². The summed E-state index contributed by atoms with van der Waals surface area (Å²) < 4.78 is 0. The Morgan fingerprint density at radius 1 is 1.35 bits per heavy atom. The van der Waals surface area contributed by atoms with E-state index in [2.05, 4.69) is 33.6 Å². The molecule has 0 bridgehead atoms. The van der Waals surface area contributed by atoms with Crippen molar-refractivity contribution in [2.75, 3.05) is 31.1 Å². The second-order valence-corrected chi connectivity index (χ2v) is 6.39. The molecule has 0 saturated carbocycles. The van der Waals surface area contributed by atoms with Crippen LogP contribution in [0.4, 0.5) is 5.69 Å². The number of halogens is 1. The van der Waals surface area contributed by atoms with E-state index in [1.165, 1.54) is 19.4 Å². The van der Waals surface area contributed by atoms with E-state index in [-0.39, 0.29) is 0 Å². The molecule has 0 radical (unpaired) electrons. The fourth-order valence-electron chi connectivity index (χ4n) is 3.28. The summed E-state index contributed by atoms with van der Waals surface area (Å²) in [5.41, 5.74) is 2.12. The van der Waals surface area contributed by atoms with E-state index in [1.807, 2.05) is 6.20 Å². The fraction of sp³-hybridized carbons (Fsp3) is 0.733. The van der Waals surface area contributed by atoms with Crippen LogP contribution in [0.15, 0.2) is 6.20 Å². The van der Waals surface area contributed by atoms with Gasteiger partial charge < -0.3 is 4.90 Å². The molecule has 20 heavy (non-hydrogen) atoms. The van der Waals surface area contributed by atoms with E-state index in [9.17, 15) is 0 Å². The Balaban J connectivity index is 1.82. The molecule has 2 aliphatic rings. The Morgan fingerprint density at radius 3 is 2.95 bits per heavy atom. The SMILES string of the molecule is CC(C)c1ncc(N2CCN3CCCC3C2)c(CCl)n1. The molecule has 3 heterocycles. The van der Waals surface area contributed by atoms with Gasteiger partial charge in [0, 0.05) is 31.6 Å². The van der Waals surface area contributed by atoms with Crippen molar-refractivity contribution in [3.05, 3.63) is 17.7 Å². The normalized spacial score (nSPS) is 23.4. The van der Waals surface area contributed by atoms with Crippen LogP contribution in [-0.4, -0.2) is 47.1 Å². The first kappa shape index (κ1) is 14.1. The Bertz CT molecular complexity index is 477. The van der Waals surface area contributed by atoms with E-state index in [1.54, 1.807) is 0 Å². The highest BCUT2D eigenvalue weighted by atomic mass is 35.5. The molecule has 110 valence electrons. The monoisotopic (exact) mass is 294 g/mol. The smallest absolute Gasteiger partial charge is 0.131 e. The fourth-order valence-corrected chi connectivity index (χ4v) is 3.47. The first-order valence-electron chi connectivity index (χ1n) is 7.60. The van der Waals surface area contributed by atoms with E-state index in [4.69, 9.17) is 11.6 Å². The van der Waals surface area contributed by atoms with Gasteiger partial charge in [0.05, 0.1) is 23.5 Å². The largest absolute Gasteiger partial charge is 0.366 e. The molecule has 1 aromatic heterocycles. The van der Waals surface area contributed by atoms with Crippen molar-refractivity contribution in [3.8, 4) is 0 Å². The van der Waals surface area contributed by atoms with Crippen LogP contribution >= 0.6 is 11.6 Å². The molecule has 0 N–H and O–H groups in total. The summed E-state index contributed by atoms with van der Waals surface area (Å²) >= 11 is 6.11. The maximum absolute atomic E-state index is 6.11.